The van der Waals surface area contributed by atoms with Crippen LogP contribution in [0.5, 0.6) is 0 Å². The number of hydrogen-bond donors (Lipinski definition) is 1. The zero-order valence-corrected chi connectivity index (χ0v) is 17.7. The van der Waals surface area contributed by atoms with Gasteiger partial charge in [0, 0.05) is 17.3 Å². The fourth-order valence-corrected chi connectivity index (χ4v) is 9.04. The van der Waals surface area contributed by atoms with Gasteiger partial charge in [0.15, 0.2) is 5.79 Å². The summed E-state index contributed by atoms with van der Waals surface area (Å²) in [6, 6.07) is 0. The molecular formula is C23H34O5. The zero-order valence-electron chi connectivity index (χ0n) is 17.7. The molecule has 2 spiro atoms. The van der Waals surface area contributed by atoms with Crippen LogP contribution in [0.25, 0.3) is 0 Å². The number of ether oxygens (including phenoxy) is 3. The minimum atomic E-state index is -0.675. The number of carbonyl (C=O) groups excluding carboxylic acids is 1. The predicted molar refractivity (Wildman–Crippen MR) is 101 cm³/mol. The molecule has 0 radical (unpaired) electrons. The molecule has 2 aliphatic heterocycles. The van der Waals surface area contributed by atoms with E-state index in [9.17, 15) is 9.90 Å². The molecule has 1 N–H and O–H groups in total. The molecule has 6 fully saturated rings. The Kier molecular flexibility index (Phi) is 3.29. The minimum absolute atomic E-state index is 0.00752. The Labute approximate surface area is 167 Å². The number of hydrogen-bond acceptors (Lipinski definition) is 5. The molecule has 0 amide bonds. The lowest BCUT2D eigenvalue weighted by Gasteiger charge is -2.68. The lowest BCUT2D eigenvalue weighted by Crippen LogP contribution is -2.75. The first-order valence-electron chi connectivity index (χ1n) is 11.3. The van der Waals surface area contributed by atoms with Gasteiger partial charge >= 0.3 is 0 Å². The van der Waals surface area contributed by atoms with E-state index < -0.39 is 17.3 Å². The monoisotopic (exact) mass is 390 g/mol. The Hall–Kier alpha value is -0.490. The molecule has 28 heavy (non-hydrogen) atoms. The lowest BCUT2D eigenvalue weighted by molar-refractivity contribution is -0.384. The van der Waals surface area contributed by atoms with Gasteiger partial charge in [-0.3, -0.25) is 4.79 Å². The first-order valence-corrected chi connectivity index (χ1v) is 11.3. The van der Waals surface area contributed by atoms with E-state index in [1.807, 2.05) is 13.8 Å². The van der Waals surface area contributed by atoms with Gasteiger partial charge in [0.05, 0.1) is 36.4 Å². The highest BCUT2D eigenvalue weighted by molar-refractivity contribution is 5.92. The second-order valence-corrected chi connectivity index (χ2v) is 11.8. The van der Waals surface area contributed by atoms with Crippen LogP contribution in [0.1, 0.15) is 60.3 Å². The summed E-state index contributed by atoms with van der Waals surface area (Å²) in [6.45, 7) is 11.3. The average Bonchev–Trinajstić information content (AvgIpc) is 3.06. The number of carbonyl (C=O) groups is 1. The molecule has 6 rings (SSSR count). The number of aliphatic hydroxyl groups is 1. The Morgan fingerprint density at radius 3 is 2.61 bits per heavy atom. The van der Waals surface area contributed by atoms with Gasteiger partial charge in [0.25, 0.3) is 0 Å². The molecule has 10 atom stereocenters. The van der Waals surface area contributed by atoms with Crippen LogP contribution in [-0.2, 0) is 19.0 Å². The SMILES string of the molecule is CC1C(=O)C23C4CC5C(C)(C)CCC(O)C56COC(CC1C2OC(C)(C)O4)C63. The summed E-state index contributed by atoms with van der Waals surface area (Å²) in [7, 11) is 0. The fourth-order valence-electron chi connectivity index (χ4n) is 9.04. The third kappa shape index (κ3) is 1.75. The molecule has 4 aliphatic carbocycles. The van der Waals surface area contributed by atoms with Crippen molar-refractivity contribution in [2.24, 2.45) is 39.9 Å². The first-order chi connectivity index (χ1) is 13.1. The van der Waals surface area contributed by atoms with Crippen LogP contribution in [-0.4, -0.2) is 47.7 Å². The van der Waals surface area contributed by atoms with Crippen LogP contribution in [0.15, 0.2) is 0 Å². The smallest absolute Gasteiger partial charge is 0.163 e. The summed E-state index contributed by atoms with van der Waals surface area (Å²) < 4.78 is 19.6. The van der Waals surface area contributed by atoms with Crippen LogP contribution in [0.2, 0.25) is 0 Å². The van der Waals surface area contributed by atoms with E-state index in [0.717, 1.165) is 25.7 Å². The number of ketones is 1. The lowest BCUT2D eigenvalue weighted by atomic mass is 9.39. The average molecular weight is 391 g/mol. The fraction of sp³-hybridized carbons (Fsp3) is 0.957. The van der Waals surface area contributed by atoms with Crippen molar-refractivity contribution in [3.8, 4) is 0 Å². The van der Waals surface area contributed by atoms with Gasteiger partial charge in [-0.2, -0.15) is 0 Å². The third-order valence-corrected chi connectivity index (χ3v) is 9.95. The van der Waals surface area contributed by atoms with Crippen molar-refractivity contribution < 1.29 is 24.1 Å². The molecule has 2 heterocycles. The van der Waals surface area contributed by atoms with Crippen molar-refractivity contribution in [2.45, 2.75) is 90.5 Å². The Morgan fingerprint density at radius 2 is 1.86 bits per heavy atom. The minimum Gasteiger partial charge on any atom is -0.392 e. The van der Waals surface area contributed by atoms with Crippen LogP contribution < -0.4 is 0 Å². The quantitative estimate of drug-likeness (QED) is 0.689. The Balaban J connectivity index is 1.61. The van der Waals surface area contributed by atoms with Gasteiger partial charge < -0.3 is 19.3 Å². The van der Waals surface area contributed by atoms with Gasteiger partial charge in [0.1, 0.15) is 5.78 Å². The molecule has 6 aliphatic rings. The van der Waals surface area contributed by atoms with Gasteiger partial charge in [-0.1, -0.05) is 20.8 Å². The zero-order chi connectivity index (χ0) is 19.9. The maximum absolute atomic E-state index is 13.9. The van der Waals surface area contributed by atoms with E-state index in [1.54, 1.807) is 0 Å². The maximum atomic E-state index is 13.9. The molecule has 2 saturated heterocycles. The molecule has 5 nitrogen and oxygen atoms in total. The number of Topliss-reactive ketones (excluding diaryl/α,β-unsaturated/α-hetero) is 1. The summed E-state index contributed by atoms with van der Waals surface area (Å²) in [5, 5.41) is 11.4. The summed E-state index contributed by atoms with van der Waals surface area (Å²) in [5.74, 6) is 0.110. The third-order valence-electron chi connectivity index (χ3n) is 9.95. The molecule has 0 aromatic rings. The topological polar surface area (TPSA) is 65.0 Å². The van der Waals surface area contributed by atoms with Crippen molar-refractivity contribution >= 4 is 5.78 Å². The molecule has 5 heteroatoms. The molecule has 0 aromatic heterocycles. The van der Waals surface area contributed by atoms with Crippen LogP contribution in [0.3, 0.4) is 0 Å². The highest BCUT2D eigenvalue weighted by Gasteiger charge is 2.83. The molecule has 156 valence electrons. The van der Waals surface area contributed by atoms with Gasteiger partial charge in [-0.15, -0.1) is 0 Å². The molecule has 10 unspecified atom stereocenters. The molecular weight excluding hydrogens is 356 g/mol. The summed E-state index contributed by atoms with van der Waals surface area (Å²) >= 11 is 0. The van der Waals surface area contributed by atoms with Gasteiger partial charge in [-0.25, -0.2) is 0 Å². The Morgan fingerprint density at radius 1 is 1.11 bits per heavy atom. The van der Waals surface area contributed by atoms with Crippen molar-refractivity contribution in [3.63, 3.8) is 0 Å². The van der Waals surface area contributed by atoms with Crippen LogP contribution in [0.4, 0.5) is 0 Å². The van der Waals surface area contributed by atoms with Gasteiger partial charge in [-0.05, 0) is 56.8 Å². The highest BCUT2D eigenvalue weighted by Crippen LogP contribution is 2.75. The van der Waals surface area contributed by atoms with E-state index >= 15 is 0 Å². The van der Waals surface area contributed by atoms with Crippen molar-refractivity contribution in [2.75, 3.05) is 6.61 Å². The second kappa shape index (κ2) is 5.04. The predicted octanol–water partition coefficient (Wildman–Crippen LogP) is 2.93. The van der Waals surface area contributed by atoms with E-state index in [0.29, 0.717) is 18.3 Å². The number of aliphatic hydroxyl groups excluding tert-OH is 1. The summed E-state index contributed by atoms with van der Waals surface area (Å²) in [5.41, 5.74) is -0.894. The van der Waals surface area contributed by atoms with E-state index in [2.05, 4.69) is 20.8 Å². The van der Waals surface area contributed by atoms with Crippen molar-refractivity contribution in [3.05, 3.63) is 0 Å². The summed E-state index contributed by atoms with van der Waals surface area (Å²) in [6.07, 6.45) is 2.87. The largest absolute Gasteiger partial charge is 0.392 e. The van der Waals surface area contributed by atoms with E-state index in [4.69, 9.17) is 14.2 Å². The molecule has 4 saturated carbocycles. The summed E-state index contributed by atoms with van der Waals surface area (Å²) in [4.78, 5) is 13.9. The Bertz CT molecular complexity index is 745. The normalized spacial score (nSPS) is 60.3. The standard InChI is InChI=1S/C23H34O5/c1-11-12-8-13-17-22(10-26-13)14(20(2,3)7-6-15(22)24)9-16-23(17,18(11)25)19(12)28-21(4,5)27-16/h11-17,19,24H,6-10H2,1-5H3. The van der Waals surface area contributed by atoms with Crippen LogP contribution >= 0.6 is 0 Å². The number of rotatable bonds is 0. The van der Waals surface area contributed by atoms with Gasteiger partial charge in [0.2, 0.25) is 0 Å². The van der Waals surface area contributed by atoms with E-state index in [-0.39, 0.29) is 46.9 Å². The molecule has 0 aromatic carbocycles. The maximum Gasteiger partial charge on any atom is 0.163 e. The van der Waals surface area contributed by atoms with Crippen molar-refractivity contribution in [1.29, 1.82) is 0 Å². The van der Waals surface area contributed by atoms with E-state index in [1.165, 1.54) is 0 Å². The van der Waals surface area contributed by atoms with Crippen molar-refractivity contribution in [1.82, 2.24) is 0 Å². The molecule has 2 bridgehead atoms. The second-order valence-electron chi connectivity index (χ2n) is 11.8. The first kappa shape index (κ1) is 18.3. The highest BCUT2D eigenvalue weighted by atomic mass is 16.7. The van der Waals surface area contributed by atoms with Crippen LogP contribution in [0, 0.1) is 39.9 Å².